The zero-order valence-electron chi connectivity index (χ0n) is 19.3. The molecular formula is C29H25FN4. The van der Waals surface area contributed by atoms with E-state index in [0.717, 1.165) is 57.6 Å². The van der Waals surface area contributed by atoms with E-state index in [2.05, 4.69) is 53.9 Å². The van der Waals surface area contributed by atoms with Crippen LogP contribution in [-0.2, 0) is 0 Å². The number of allylic oxidation sites excluding steroid dienone is 1. The van der Waals surface area contributed by atoms with Gasteiger partial charge in [0.2, 0.25) is 0 Å². The van der Waals surface area contributed by atoms with Gasteiger partial charge in [-0.2, -0.15) is 9.61 Å². The van der Waals surface area contributed by atoms with Crippen LogP contribution in [0.25, 0.3) is 39.1 Å². The minimum Gasteiger partial charge on any atom is -0.236 e. The van der Waals surface area contributed by atoms with Crippen LogP contribution in [0.5, 0.6) is 0 Å². The molecule has 34 heavy (non-hydrogen) atoms. The van der Waals surface area contributed by atoms with Crippen LogP contribution >= 0.6 is 0 Å². The fraction of sp³-hybridized carbons (Fsp3) is 0.207. The number of nitrogens with zero attached hydrogens (tertiary/aromatic N) is 4. The molecular weight excluding hydrogens is 423 g/mol. The number of aromatic nitrogens is 4. The Morgan fingerprint density at radius 2 is 1.85 bits per heavy atom. The van der Waals surface area contributed by atoms with Gasteiger partial charge in [-0.15, -0.1) is 6.58 Å². The monoisotopic (exact) mass is 448 g/mol. The zero-order chi connectivity index (χ0) is 23.4. The van der Waals surface area contributed by atoms with E-state index < -0.39 is 0 Å². The largest absolute Gasteiger partial charge is 0.236 e. The molecule has 0 spiro atoms. The molecule has 6 rings (SSSR count). The molecule has 0 amide bonds. The molecule has 2 aromatic carbocycles. The first kappa shape index (κ1) is 20.7. The van der Waals surface area contributed by atoms with Crippen LogP contribution in [0.4, 0.5) is 4.39 Å². The maximum absolute atomic E-state index is 14.1. The molecule has 5 heteroatoms. The molecule has 0 bridgehead atoms. The van der Waals surface area contributed by atoms with Gasteiger partial charge in [-0.25, -0.2) is 14.4 Å². The Morgan fingerprint density at radius 3 is 2.59 bits per heavy atom. The van der Waals surface area contributed by atoms with E-state index in [1.165, 1.54) is 11.6 Å². The molecule has 3 aromatic heterocycles. The fourth-order valence-corrected chi connectivity index (χ4v) is 5.13. The Labute approximate surface area is 197 Å². The maximum Gasteiger partial charge on any atom is 0.165 e. The predicted octanol–water partition coefficient (Wildman–Crippen LogP) is 7.13. The van der Waals surface area contributed by atoms with E-state index in [1.807, 2.05) is 31.3 Å². The van der Waals surface area contributed by atoms with Gasteiger partial charge in [-0.3, -0.25) is 0 Å². The number of pyridine rings is 1. The highest BCUT2D eigenvalue weighted by atomic mass is 19.1. The van der Waals surface area contributed by atoms with Crippen LogP contribution in [0.15, 0.2) is 79.5 Å². The van der Waals surface area contributed by atoms with E-state index in [-0.39, 0.29) is 11.2 Å². The van der Waals surface area contributed by atoms with Crippen LogP contribution in [0.3, 0.4) is 0 Å². The van der Waals surface area contributed by atoms with E-state index in [4.69, 9.17) is 4.98 Å². The van der Waals surface area contributed by atoms with Crippen molar-refractivity contribution in [1.29, 1.82) is 0 Å². The molecule has 1 saturated carbocycles. The number of aryl methyl sites for hydroxylation is 1. The molecule has 4 nitrogen and oxygen atoms in total. The standard InChI is InChI=1S/C29H25FN4/c1-4-29(3)15-23(16-29)19-8-10-20(11-9-19)27-25(21-6-5-7-24(30)13-21)14-22-17-31-26-12-18(2)33-34(26)28(22)32-27/h4-14,17,23H,1,15-16H2,2-3H3. The summed E-state index contributed by atoms with van der Waals surface area (Å²) in [6, 6.07) is 19.3. The third kappa shape index (κ3) is 3.39. The number of benzene rings is 2. The summed E-state index contributed by atoms with van der Waals surface area (Å²) in [5, 5.41) is 5.45. The van der Waals surface area contributed by atoms with Crippen LogP contribution in [0, 0.1) is 18.2 Å². The second-order valence-corrected chi connectivity index (χ2v) is 9.71. The Bertz CT molecular complexity index is 1560. The summed E-state index contributed by atoms with van der Waals surface area (Å²) >= 11 is 0. The molecule has 0 radical (unpaired) electrons. The van der Waals surface area contributed by atoms with Crippen LogP contribution in [0.2, 0.25) is 0 Å². The number of fused-ring (bicyclic) bond motifs is 3. The predicted molar refractivity (Wildman–Crippen MR) is 134 cm³/mol. The minimum absolute atomic E-state index is 0.245. The Hall–Kier alpha value is -3.86. The van der Waals surface area contributed by atoms with Crippen LogP contribution in [0.1, 0.15) is 36.9 Å². The maximum atomic E-state index is 14.1. The number of halogens is 1. The van der Waals surface area contributed by atoms with Crippen molar-refractivity contribution in [3.63, 3.8) is 0 Å². The highest BCUT2D eigenvalue weighted by molar-refractivity contribution is 5.90. The van der Waals surface area contributed by atoms with Gasteiger partial charge >= 0.3 is 0 Å². The molecule has 0 atom stereocenters. The molecule has 3 heterocycles. The van der Waals surface area contributed by atoms with Crippen molar-refractivity contribution in [2.24, 2.45) is 5.41 Å². The van der Waals surface area contributed by atoms with E-state index in [9.17, 15) is 4.39 Å². The second-order valence-electron chi connectivity index (χ2n) is 9.71. The van der Waals surface area contributed by atoms with Gasteiger partial charge in [0.15, 0.2) is 11.3 Å². The van der Waals surface area contributed by atoms with Gasteiger partial charge in [0, 0.05) is 28.8 Å². The van der Waals surface area contributed by atoms with E-state index in [1.54, 1.807) is 16.6 Å². The van der Waals surface area contributed by atoms with Gasteiger partial charge in [-0.1, -0.05) is 49.4 Å². The second kappa shape index (κ2) is 7.59. The first-order valence-corrected chi connectivity index (χ1v) is 11.6. The number of rotatable bonds is 4. The summed E-state index contributed by atoms with van der Waals surface area (Å²) in [7, 11) is 0. The van der Waals surface area contributed by atoms with Crippen molar-refractivity contribution < 1.29 is 4.39 Å². The first-order valence-electron chi connectivity index (χ1n) is 11.6. The average molecular weight is 449 g/mol. The summed E-state index contributed by atoms with van der Waals surface area (Å²) in [6.07, 6.45) is 6.14. The fourth-order valence-electron chi connectivity index (χ4n) is 5.13. The lowest BCUT2D eigenvalue weighted by molar-refractivity contribution is 0.190. The number of hydrogen-bond acceptors (Lipinski definition) is 3. The lowest BCUT2D eigenvalue weighted by atomic mass is 9.61. The molecule has 0 aliphatic heterocycles. The summed E-state index contributed by atoms with van der Waals surface area (Å²) in [5.41, 5.74) is 7.40. The van der Waals surface area contributed by atoms with Crippen molar-refractivity contribution in [2.45, 2.75) is 32.6 Å². The van der Waals surface area contributed by atoms with Gasteiger partial charge in [0.25, 0.3) is 0 Å². The third-order valence-corrected chi connectivity index (χ3v) is 7.09. The molecule has 1 aliphatic rings. The van der Waals surface area contributed by atoms with Gasteiger partial charge < -0.3 is 0 Å². The van der Waals surface area contributed by atoms with Crippen LogP contribution in [-0.4, -0.2) is 19.6 Å². The summed E-state index contributed by atoms with van der Waals surface area (Å²) < 4.78 is 15.9. The van der Waals surface area contributed by atoms with Crippen LogP contribution < -0.4 is 0 Å². The molecule has 1 fully saturated rings. The van der Waals surface area contributed by atoms with Gasteiger partial charge in [0.05, 0.1) is 11.4 Å². The topological polar surface area (TPSA) is 43.1 Å². The SMILES string of the molecule is C=CC1(C)CC(c2ccc(-c3nc4c(cnc5cc(C)nn54)cc3-c3cccc(F)c3)cc2)C1. The highest BCUT2D eigenvalue weighted by Crippen LogP contribution is 2.51. The lowest BCUT2D eigenvalue weighted by Crippen LogP contribution is -2.30. The zero-order valence-corrected chi connectivity index (χ0v) is 19.3. The molecule has 5 aromatic rings. The van der Waals surface area contributed by atoms with Crippen molar-refractivity contribution in [1.82, 2.24) is 19.6 Å². The normalized spacial score (nSPS) is 19.9. The van der Waals surface area contributed by atoms with Crippen molar-refractivity contribution in [2.75, 3.05) is 0 Å². The third-order valence-electron chi connectivity index (χ3n) is 7.09. The molecule has 1 aliphatic carbocycles. The Kier molecular flexibility index (Phi) is 4.63. The Balaban J connectivity index is 1.51. The first-order chi connectivity index (χ1) is 16.4. The quantitative estimate of drug-likeness (QED) is 0.275. The van der Waals surface area contributed by atoms with Crippen molar-refractivity contribution in [3.8, 4) is 22.4 Å². The molecule has 0 N–H and O–H groups in total. The summed E-state index contributed by atoms with van der Waals surface area (Å²) in [4.78, 5) is 9.59. The Morgan fingerprint density at radius 1 is 1.06 bits per heavy atom. The molecule has 168 valence electrons. The summed E-state index contributed by atoms with van der Waals surface area (Å²) in [6.45, 7) is 8.19. The minimum atomic E-state index is -0.273. The molecule has 0 unspecified atom stereocenters. The highest BCUT2D eigenvalue weighted by Gasteiger charge is 2.38. The van der Waals surface area contributed by atoms with Gasteiger partial charge in [-0.05, 0) is 60.4 Å². The molecule has 0 saturated heterocycles. The van der Waals surface area contributed by atoms with Crippen molar-refractivity contribution in [3.05, 3.63) is 96.6 Å². The number of hydrogen-bond donors (Lipinski definition) is 0. The van der Waals surface area contributed by atoms with Crippen molar-refractivity contribution >= 4 is 16.7 Å². The smallest absolute Gasteiger partial charge is 0.165 e. The lowest BCUT2D eigenvalue weighted by Gasteiger charge is -2.43. The van der Waals surface area contributed by atoms with Gasteiger partial charge in [0.1, 0.15) is 5.82 Å². The summed E-state index contributed by atoms with van der Waals surface area (Å²) in [5.74, 6) is 0.285. The van der Waals surface area contributed by atoms with E-state index >= 15 is 0 Å². The average Bonchev–Trinajstić information content (AvgIpc) is 3.22. The van der Waals surface area contributed by atoms with E-state index in [0.29, 0.717) is 5.92 Å².